The van der Waals surface area contributed by atoms with Crippen molar-refractivity contribution in [3.05, 3.63) is 127 Å². The molecule has 0 heterocycles. The SMILES string of the molecule is OB(O)c1ccc2cc([Si](c3ccccc3)(c3ccccc3)c3ccccc3)ccc2c1. The first-order chi connectivity index (χ1) is 15.7. The summed E-state index contributed by atoms with van der Waals surface area (Å²) in [5.41, 5.74) is 0.503. The summed E-state index contributed by atoms with van der Waals surface area (Å²) < 4.78 is 0. The van der Waals surface area contributed by atoms with Crippen molar-refractivity contribution in [2.75, 3.05) is 0 Å². The van der Waals surface area contributed by atoms with Crippen LogP contribution in [0.3, 0.4) is 0 Å². The second-order valence-electron chi connectivity index (χ2n) is 8.04. The molecule has 0 bridgehead atoms. The van der Waals surface area contributed by atoms with Gasteiger partial charge < -0.3 is 10.0 Å². The van der Waals surface area contributed by atoms with Gasteiger partial charge in [0.25, 0.3) is 0 Å². The van der Waals surface area contributed by atoms with E-state index in [0.29, 0.717) is 5.46 Å². The highest BCUT2D eigenvalue weighted by Crippen LogP contribution is 2.15. The molecule has 0 spiro atoms. The van der Waals surface area contributed by atoms with Crippen molar-refractivity contribution in [2.45, 2.75) is 0 Å². The van der Waals surface area contributed by atoms with Gasteiger partial charge in [-0.2, -0.15) is 0 Å². The maximum atomic E-state index is 9.58. The summed E-state index contributed by atoms with van der Waals surface area (Å²) in [6.45, 7) is 0. The van der Waals surface area contributed by atoms with Gasteiger partial charge in [-0.15, -0.1) is 0 Å². The fraction of sp³-hybridized carbons (Fsp3) is 0. The maximum Gasteiger partial charge on any atom is 0.488 e. The third-order valence-electron chi connectivity index (χ3n) is 6.22. The van der Waals surface area contributed by atoms with Crippen molar-refractivity contribution in [1.29, 1.82) is 0 Å². The van der Waals surface area contributed by atoms with Crippen molar-refractivity contribution >= 4 is 52.2 Å². The lowest BCUT2D eigenvalue weighted by atomic mass is 9.79. The molecule has 0 aromatic heterocycles. The molecule has 5 aromatic carbocycles. The molecule has 0 atom stereocenters. The van der Waals surface area contributed by atoms with Gasteiger partial charge in [0.2, 0.25) is 0 Å². The molecule has 2 nitrogen and oxygen atoms in total. The van der Waals surface area contributed by atoms with Crippen molar-refractivity contribution in [3.63, 3.8) is 0 Å². The first-order valence-electron chi connectivity index (χ1n) is 10.8. The van der Waals surface area contributed by atoms with E-state index in [0.717, 1.165) is 10.8 Å². The second kappa shape index (κ2) is 8.60. The molecule has 0 saturated heterocycles. The van der Waals surface area contributed by atoms with Gasteiger partial charge in [0, 0.05) is 0 Å². The van der Waals surface area contributed by atoms with E-state index in [2.05, 4.69) is 109 Å². The van der Waals surface area contributed by atoms with E-state index < -0.39 is 15.2 Å². The molecule has 0 fully saturated rings. The van der Waals surface area contributed by atoms with Crippen LogP contribution in [-0.4, -0.2) is 25.2 Å². The van der Waals surface area contributed by atoms with Gasteiger partial charge in [0.05, 0.1) is 0 Å². The van der Waals surface area contributed by atoms with E-state index in [-0.39, 0.29) is 0 Å². The predicted molar refractivity (Wildman–Crippen MR) is 137 cm³/mol. The maximum absolute atomic E-state index is 9.58. The van der Waals surface area contributed by atoms with Crippen molar-refractivity contribution < 1.29 is 10.0 Å². The third kappa shape index (κ3) is 3.49. The third-order valence-corrected chi connectivity index (χ3v) is 11.0. The van der Waals surface area contributed by atoms with Crippen molar-refractivity contribution in [2.24, 2.45) is 0 Å². The van der Waals surface area contributed by atoms with Crippen LogP contribution in [0.5, 0.6) is 0 Å². The Morgan fingerprint density at radius 3 is 1.34 bits per heavy atom. The van der Waals surface area contributed by atoms with Crippen LogP contribution in [0.4, 0.5) is 0 Å². The minimum absolute atomic E-state index is 0.503. The Hall–Kier alpha value is -3.44. The van der Waals surface area contributed by atoms with Gasteiger partial charge in [-0.25, -0.2) is 0 Å². The second-order valence-corrected chi connectivity index (χ2v) is 11.9. The Labute approximate surface area is 189 Å². The number of rotatable bonds is 5. The zero-order valence-corrected chi connectivity index (χ0v) is 18.6. The molecular weight excluding hydrogens is 407 g/mol. The summed E-state index contributed by atoms with van der Waals surface area (Å²) in [6, 6.07) is 44.7. The van der Waals surface area contributed by atoms with Crippen molar-refractivity contribution in [3.8, 4) is 0 Å². The fourth-order valence-electron chi connectivity index (χ4n) is 4.72. The molecule has 0 saturated carbocycles. The highest BCUT2D eigenvalue weighted by Gasteiger charge is 2.41. The predicted octanol–water partition coefficient (Wildman–Crippen LogP) is 1.90. The summed E-state index contributed by atoms with van der Waals surface area (Å²) >= 11 is 0. The molecule has 5 aromatic rings. The lowest BCUT2D eigenvalue weighted by molar-refractivity contribution is 0.426. The number of benzene rings is 5. The lowest BCUT2D eigenvalue weighted by Crippen LogP contribution is -2.74. The van der Waals surface area contributed by atoms with E-state index in [9.17, 15) is 10.0 Å². The normalized spacial score (nSPS) is 11.4. The molecule has 32 heavy (non-hydrogen) atoms. The number of hydrogen-bond donors (Lipinski definition) is 2. The van der Waals surface area contributed by atoms with Gasteiger partial charge in [-0.3, -0.25) is 0 Å². The minimum atomic E-state index is -2.55. The molecule has 0 unspecified atom stereocenters. The molecule has 0 radical (unpaired) electrons. The molecule has 0 aliphatic rings. The summed E-state index contributed by atoms with van der Waals surface area (Å²) in [5, 5.41) is 26.5. The highest BCUT2D eigenvalue weighted by atomic mass is 28.3. The minimum Gasteiger partial charge on any atom is -0.423 e. The van der Waals surface area contributed by atoms with E-state index in [1.54, 1.807) is 6.07 Å². The average Bonchev–Trinajstić information content (AvgIpc) is 2.86. The summed E-state index contributed by atoms with van der Waals surface area (Å²) in [6.07, 6.45) is 0. The molecule has 0 amide bonds. The summed E-state index contributed by atoms with van der Waals surface area (Å²) in [5.74, 6) is 0. The van der Waals surface area contributed by atoms with Crippen LogP contribution in [0.1, 0.15) is 0 Å². The highest BCUT2D eigenvalue weighted by molar-refractivity contribution is 7.20. The van der Waals surface area contributed by atoms with Crippen molar-refractivity contribution in [1.82, 2.24) is 0 Å². The Balaban J connectivity index is 1.85. The Morgan fingerprint density at radius 1 is 0.438 bits per heavy atom. The van der Waals surface area contributed by atoms with Crippen LogP contribution in [0.15, 0.2) is 127 Å². The monoisotopic (exact) mass is 430 g/mol. The Morgan fingerprint density at radius 2 is 0.875 bits per heavy atom. The van der Waals surface area contributed by atoms with Gasteiger partial charge in [0.1, 0.15) is 0 Å². The zero-order valence-electron chi connectivity index (χ0n) is 17.6. The van der Waals surface area contributed by atoms with E-state index in [1.165, 1.54) is 20.7 Å². The van der Waals surface area contributed by atoms with E-state index >= 15 is 0 Å². The van der Waals surface area contributed by atoms with Gasteiger partial charge in [0.15, 0.2) is 8.07 Å². The quantitative estimate of drug-likeness (QED) is 0.330. The molecule has 0 aliphatic carbocycles. The van der Waals surface area contributed by atoms with Crippen LogP contribution in [0.25, 0.3) is 10.8 Å². The summed E-state index contributed by atoms with van der Waals surface area (Å²) in [4.78, 5) is 0. The first-order valence-corrected chi connectivity index (χ1v) is 12.8. The number of fused-ring (bicyclic) bond motifs is 1. The average molecular weight is 430 g/mol. The smallest absolute Gasteiger partial charge is 0.423 e. The van der Waals surface area contributed by atoms with Crippen LogP contribution in [0.2, 0.25) is 0 Å². The van der Waals surface area contributed by atoms with Crippen LogP contribution in [-0.2, 0) is 0 Å². The molecular formula is C28H23BO2Si. The fourth-order valence-corrected chi connectivity index (χ4v) is 9.51. The number of hydrogen-bond acceptors (Lipinski definition) is 2. The van der Waals surface area contributed by atoms with Crippen LogP contribution >= 0.6 is 0 Å². The van der Waals surface area contributed by atoms with Gasteiger partial charge >= 0.3 is 7.12 Å². The molecule has 2 N–H and O–H groups in total. The molecule has 0 aliphatic heterocycles. The Bertz CT molecular complexity index is 1240. The lowest BCUT2D eigenvalue weighted by Gasteiger charge is -2.34. The van der Waals surface area contributed by atoms with Gasteiger partial charge in [-0.05, 0) is 37.0 Å². The van der Waals surface area contributed by atoms with Crippen LogP contribution < -0.4 is 26.2 Å². The summed E-state index contributed by atoms with van der Waals surface area (Å²) in [7, 11) is -4.02. The standard InChI is InChI=1S/C28H23BO2Si/c30-29(31)24-18-16-23-21-28(19-17-22(23)20-24)32(25-10-4-1-5-11-25,26-12-6-2-7-13-26)27-14-8-3-9-15-27/h1-21,30-31H. The van der Waals surface area contributed by atoms with Gasteiger partial charge in [-0.1, -0.05) is 127 Å². The molecule has 154 valence electrons. The molecule has 4 heteroatoms. The van der Waals surface area contributed by atoms with E-state index in [1.807, 2.05) is 12.1 Å². The van der Waals surface area contributed by atoms with Crippen LogP contribution in [0, 0.1) is 0 Å². The topological polar surface area (TPSA) is 40.5 Å². The zero-order chi connectivity index (χ0) is 22.0. The molecule has 5 rings (SSSR count). The van der Waals surface area contributed by atoms with E-state index in [4.69, 9.17) is 0 Å². The Kier molecular flexibility index (Phi) is 5.50. The first kappa shape index (κ1) is 20.5. The largest absolute Gasteiger partial charge is 0.488 e.